The number of carbonyl (C=O) groups is 1. The summed E-state index contributed by atoms with van der Waals surface area (Å²) in [5.41, 5.74) is 1.55. The predicted octanol–water partition coefficient (Wildman–Crippen LogP) is 2.70. The highest BCUT2D eigenvalue weighted by Gasteiger charge is 2.12. The Balaban J connectivity index is 3.31. The Morgan fingerprint density at radius 1 is 1.11 bits per heavy atom. The van der Waals surface area contributed by atoms with Crippen molar-refractivity contribution in [3.05, 3.63) is 23.3 Å². The second-order valence-corrected chi connectivity index (χ2v) is 3.65. The third kappa shape index (κ3) is 3.03. The molecule has 0 N–H and O–H groups in total. The minimum Gasteiger partial charge on any atom is -0.493 e. The minimum absolute atomic E-state index is 0.543. The third-order valence-electron chi connectivity index (χ3n) is 2.60. The molecule has 98 valence electrons. The van der Waals surface area contributed by atoms with Gasteiger partial charge < -0.3 is 14.2 Å². The summed E-state index contributed by atoms with van der Waals surface area (Å²) < 4.78 is 15.7. The van der Waals surface area contributed by atoms with Crippen molar-refractivity contribution in [1.82, 2.24) is 0 Å². The Labute approximate surface area is 107 Å². The van der Waals surface area contributed by atoms with Gasteiger partial charge in [-0.1, -0.05) is 6.92 Å². The van der Waals surface area contributed by atoms with Crippen molar-refractivity contribution in [1.29, 1.82) is 0 Å². The fourth-order valence-electron chi connectivity index (χ4n) is 1.62. The summed E-state index contributed by atoms with van der Waals surface area (Å²) in [5, 5.41) is 0. The monoisotopic (exact) mass is 250 g/mol. The van der Waals surface area contributed by atoms with E-state index in [4.69, 9.17) is 14.2 Å². The van der Waals surface area contributed by atoms with Crippen molar-refractivity contribution >= 4 is 12.4 Å². The van der Waals surface area contributed by atoms with E-state index >= 15 is 0 Å². The topological polar surface area (TPSA) is 44.8 Å². The largest absolute Gasteiger partial charge is 0.493 e. The number of hydrogen-bond acceptors (Lipinski definition) is 4. The van der Waals surface area contributed by atoms with Crippen LogP contribution in [0.25, 0.3) is 6.08 Å². The second-order valence-electron chi connectivity index (χ2n) is 3.65. The molecular formula is C14H18O4. The highest BCUT2D eigenvalue weighted by Crippen LogP contribution is 2.38. The highest BCUT2D eigenvalue weighted by atomic mass is 16.5. The molecule has 0 saturated carbocycles. The Morgan fingerprint density at radius 2 is 1.67 bits per heavy atom. The van der Waals surface area contributed by atoms with Crippen LogP contribution in [0.15, 0.2) is 17.7 Å². The van der Waals surface area contributed by atoms with Gasteiger partial charge in [0.15, 0.2) is 11.5 Å². The van der Waals surface area contributed by atoms with Crippen LogP contribution in [0.2, 0.25) is 0 Å². The van der Waals surface area contributed by atoms with Crippen molar-refractivity contribution < 1.29 is 19.0 Å². The first kappa shape index (κ1) is 14.1. The van der Waals surface area contributed by atoms with Gasteiger partial charge in [0.05, 0.1) is 21.3 Å². The maximum atomic E-state index is 10.8. The van der Waals surface area contributed by atoms with Gasteiger partial charge in [0, 0.05) is 0 Å². The zero-order valence-electron chi connectivity index (χ0n) is 11.1. The standard InChI is InChI=1S/C14H18O4/c1-5-10(9-15)6-11-7-12(16-2)14(18-4)13(8-11)17-3/h6-9H,5H2,1-4H3. The molecule has 0 unspecified atom stereocenters. The van der Waals surface area contributed by atoms with Crippen molar-refractivity contribution in [2.45, 2.75) is 13.3 Å². The number of methoxy groups -OCH3 is 3. The first-order chi connectivity index (χ1) is 8.69. The van der Waals surface area contributed by atoms with Gasteiger partial charge in [-0.15, -0.1) is 0 Å². The molecule has 0 fully saturated rings. The second kappa shape index (κ2) is 6.69. The Morgan fingerprint density at radius 3 is 2.00 bits per heavy atom. The van der Waals surface area contributed by atoms with Gasteiger partial charge in [0.2, 0.25) is 5.75 Å². The van der Waals surface area contributed by atoms with Gasteiger partial charge in [0.1, 0.15) is 6.29 Å². The summed E-state index contributed by atoms with van der Waals surface area (Å²) in [6, 6.07) is 3.61. The number of hydrogen-bond donors (Lipinski definition) is 0. The van der Waals surface area contributed by atoms with Gasteiger partial charge >= 0.3 is 0 Å². The van der Waals surface area contributed by atoms with E-state index in [0.29, 0.717) is 29.2 Å². The van der Waals surface area contributed by atoms with E-state index in [2.05, 4.69) is 0 Å². The van der Waals surface area contributed by atoms with Gasteiger partial charge in [-0.25, -0.2) is 0 Å². The maximum Gasteiger partial charge on any atom is 0.203 e. The third-order valence-corrected chi connectivity index (χ3v) is 2.60. The van der Waals surface area contributed by atoms with Crippen molar-refractivity contribution in [2.24, 2.45) is 0 Å². The van der Waals surface area contributed by atoms with Gasteiger partial charge in [0.25, 0.3) is 0 Å². The van der Waals surface area contributed by atoms with Crippen molar-refractivity contribution in [3.63, 3.8) is 0 Å². The van der Waals surface area contributed by atoms with E-state index in [1.807, 2.05) is 6.92 Å². The summed E-state index contributed by atoms with van der Waals surface area (Å²) in [4.78, 5) is 10.8. The van der Waals surface area contributed by atoms with Crippen molar-refractivity contribution in [2.75, 3.05) is 21.3 Å². The van der Waals surface area contributed by atoms with E-state index in [9.17, 15) is 4.79 Å². The maximum absolute atomic E-state index is 10.8. The van der Waals surface area contributed by atoms with E-state index < -0.39 is 0 Å². The molecule has 0 aliphatic heterocycles. The molecule has 0 radical (unpaired) electrons. The minimum atomic E-state index is 0.543. The zero-order chi connectivity index (χ0) is 13.5. The molecule has 4 heteroatoms. The lowest BCUT2D eigenvalue weighted by molar-refractivity contribution is -0.104. The molecular weight excluding hydrogens is 232 g/mol. The lowest BCUT2D eigenvalue weighted by atomic mass is 10.1. The van der Waals surface area contributed by atoms with E-state index in [0.717, 1.165) is 11.8 Å². The van der Waals surface area contributed by atoms with Crippen molar-refractivity contribution in [3.8, 4) is 17.2 Å². The summed E-state index contributed by atoms with van der Waals surface area (Å²) in [7, 11) is 4.68. The average molecular weight is 250 g/mol. The summed E-state index contributed by atoms with van der Waals surface area (Å²) in [6.45, 7) is 1.93. The first-order valence-corrected chi connectivity index (χ1v) is 5.65. The molecule has 18 heavy (non-hydrogen) atoms. The van der Waals surface area contributed by atoms with Gasteiger partial charge in [-0.2, -0.15) is 0 Å². The van der Waals surface area contributed by atoms with Crippen LogP contribution in [0.1, 0.15) is 18.9 Å². The van der Waals surface area contributed by atoms with Crippen LogP contribution < -0.4 is 14.2 Å². The summed E-state index contributed by atoms with van der Waals surface area (Å²) in [6.07, 6.45) is 3.33. The molecule has 0 saturated heterocycles. The fraction of sp³-hybridized carbons (Fsp3) is 0.357. The van der Waals surface area contributed by atoms with Gasteiger partial charge in [-0.3, -0.25) is 4.79 Å². The summed E-state index contributed by atoms with van der Waals surface area (Å²) >= 11 is 0. The number of benzene rings is 1. The molecule has 1 rings (SSSR count). The van der Waals surface area contributed by atoms with E-state index in [-0.39, 0.29) is 0 Å². The molecule has 4 nitrogen and oxygen atoms in total. The molecule has 1 aromatic carbocycles. The average Bonchev–Trinajstić information content (AvgIpc) is 2.43. The number of aldehydes is 1. The quantitative estimate of drug-likeness (QED) is 0.575. The predicted molar refractivity (Wildman–Crippen MR) is 70.4 cm³/mol. The van der Waals surface area contributed by atoms with Crippen LogP contribution in [0.3, 0.4) is 0 Å². The lowest BCUT2D eigenvalue weighted by Crippen LogP contribution is -1.96. The number of allylic oxidation sites excluding steroid dienone is 1. The van der Waals surface area contributed by atoms with Crippen LogP contribution >= 0.6 is 0 Å². The normalized spacial score (nSPS) is 11.0. The highest BCUT2D eigenvalue weighted by molar-refractivity contribution is 5.82. The Hall–Kier alpha value is -1.97. The molecule has 0 aromatic heterocycles. The Kier molecular flexibility index (Phi) is 5.24. The number of rotatable bonds is 6. The zero-order valence-corrected chi connectivity index (χ0v) is 11.1. The number of carbonyl (C=O) groups excluding carboxylic acids is 1. The Bertz CT molecular complexity index is 424. The van der Waals surface area contributed by atoms with Gasteiger partial charge in [-0.05, 0) is 35.8 Å². The molecule has 1 aromatic rings. The van der Waals surface area contributed by atoms with Crippen LogP contribution in [-0.2, 0) is 4.79 Å². The molecule has 0 aliphatic rings. The molecule has 0 bridgehead atoms. The lowest BCUT2D eigenvalue weighted by Gasteiger charge is -2.13. The fourth-order valence-corrected chi connectivity index (χ4v) is 1.62. The van der Waals surface area contributed by atoms with Crippen LogP contribution in [0.5, 0.6) is 17.2 Å². The van der Waals surface area contributed by atoms with Crippen LogP contribution in [-0.4, -0.2) is 27.6 Å². The SMILES string of the molecule is CCC(C=O)=Cc1cc(OC)c(OC)c(OC)c1. The van der Waals surface area contributed by atoms with E-state index in [1.54, 1.807) is 39.5 Å². The first-order valence-electron chi connectivity index (χ1n) is 5.65. The smallest absolute Gasteiger partial charge is 0.203 e. The molecule has 0 aliphatic carbocycles. The van der Waals surface area contributed by atoms with Crippen LogP contribution in [0.4, 0.5) is 0 Å². The summed E-state index contributed by atoms with van der Waals surface area (Å²) in [5.74, 6) is 1.69. The van der Waals surface area contributed by atoms with Crippen LogP contribution in [0, 0.1) is 0 Å². The number of ether oxygens (including phenoxy) is 3. The molecule has 0 heterocycles. The molecule has 0 atom stereocenters. The van der Waals surface area contributed by atoms with E-state index in [1.165, 1.54) is 0 Å². The molecule has 0 amide bonds. The molecule has 0 spiro atoms.